The molecule has 1 saturated heterocycles. The Bertz CT molecular complexity index is 1020. The first kappa shape index (κ1) is 18.6. The molecule has 30 heavy (non-hydrogen) atoms. The molecular weight excluding hydrogens is 384 g/mol. The van der Waals surface area contributed by atoms with Crippen molar-refractivity contribution < 1.29 is 14.3 Å². The van der Waals surface area contributed by atoms with Crippen molar-refractivity contribution in [3.05, 3.63) is 60.4 Å². The summed E-state index contributed by atoms with van der Waals surface area (Å²) in [5, 5.41) is 12.1. The zero-order chi connectivity index (χ0) is 20.3. The normalized spacial score (nSPS) is 18.9. The van der Waals surface area contributed by atoms with Crippen LogP contribution >= 0.6 is 0 Å². The Kier molecular flexibility index (Phi) is 5.02. The number of amides is 1. The van der Waals surface area contributed by atoms with Gasteiger partial charge in [-0.3, -0.25) is 9.69 Å². The zero-order valence-corrected chi connectivity index (χ0v) is 16.4. The van der Waals surface area contributed by atoms with Crippen LogP contribution in [-0.4, -0.2) is 74.8 Å². The number of nitrogens with zero attached hydrogens (tertiary/aromatic N) is 6. The van der Waals surface area contributed by atoms with Crippen LogP contribution < -0.4 is 9.47 Å². The van der Waals surface area contributed by atoms with Crippen LogP contribution in [0.1, 0.15) is 5.82 Å². The number of tetrazole rings is 1. The van der Waals surface area contributed by atoms with Gasteiger partial charge in [-0.15, -0.1) is 5.10 Å². The van der Waals surface area contributed by atoms with Crippen molar-refractivity contribution in [1.29, 1.82) is 0 Å². The van der Waals surface area contributed by atoms with Gasteiger partial charge in [0.25, 0.3) is 5.91 Å². The van der Waals surface area contributed by atoms with E-state index in [2.05, 4.69) is 20.4 Å². The second-order valence-electron chi connectivity index (χ2n) is 7.31. The molecule has 9 nitrogen and oxygen atoms in total. The van der Waals surface area contributed by atoms with Gasteiger partial charge in [0, 0.05) is 26.2 Å². The van der Waals surface area contributed by atoms with Gasteiger partial charge in [0.2, 0.25) is 6.10 Å². The van der Waals surface area contributed by atoms with Gasteiger partial charge in [0.15, 0.2) is 17.3 Å². The number of carbonyl (C=O) groups is 1. The highest BCUT2D eigenvalue weighted by Crippen LogP contribution is 2.31. The number of carbonyl (C=O) groups excluding carboxylic acids is 1. The number of piperazine rings is 1. The molecule has 2 aliphatic rings. The Morgan fingerprint density at radius 2 is 1.70 bits per heavy atom. The lowest BCUT2D eigenvalue weighted by atomic mass is 10.2. The lowest BCUT2D eigenvalue weighted by Gasteiger charge is -2.36. The standard InChI is InChI=1S/C21H22N6O3/c28-21(19-15-29-17-8-4-5-9-18(17)30-19)26-12-10-25(11-13-26)14-20-22-23-24-27(20)16-6-2-1-3-7-16/h1-9,19H,10-15H2. The monoisotopic (exact) mass is 406 g/mol. The van der Waals surface area contributed by atoms with Gasteiger partial charge >= 0.3 is 0 Å². The Balaban J connectivity index is 1.18. The minimum Gasteiger partial charge on any atom is -0.485 e. The largest absolute Gasteiger partial charge is 0.485 e. The number of aromatic nitrogens is 4. The van der Waals surface area contributed by atoms with Crippen molar-refractivity contribution in [1.82, 2.24) is 30.0 Å². The summed E-state index contributed by atoms with van der Waals surface area (Å²) in [6.45, 7) is 3.62. The van der Waals surface area contributed by atoms with Crippen molar-refractivity contribution in [3.8, 4) is 17.2 Å². The van der Waals surface area contributed by atoms with Crippen LogP contribution in [0.4, 0.5) is 0 Å². The minimum atomic E-state index is -0.600. The first-order valence-electron chi connectivity index (χ1n) is 10.0. The summed E-state index contributed by atoms with van der Waals surface area (Å²) in [6, 6.07) is 17.3. The molecule has 1 fully saturated rings. The van der Waals surface area contributed by atoms with Gasteiger partial charge in [-0.25, -0.2) is 0 Å². The summed E-state index contributed by atoms with van der Waals surface area (Å²) in [5.74, 6) is 2.05. The van der Waals surface area contributed by atoms with E-state index in [1.807, 2.05) is 59.5 Å². The average Bonchev–Trinajstić information content (AvgIpc) is 3.27. The number of hydrogen-bond donors (Lipinski definition) is 0. The molecule has 1 unspecified atom stereocenters. The maximum atomic E-state index is 12.9. The summed E-state index contributed by atoms with van der Waals surface area (Å²) in [5.41, 5.74) is 0.932. The molecular formula is C21H22N6O3. The molecule has 2 aliphatic heterocycles. The SMILES string of the molecule is O=C(C1COc2ccccc2O1)N1CCN(Cc2nnnn2-c2ccccc2)CC1. The van der Waals surface area contributed by atoms with Crippen LogP contribution in [0.5, 0.6) is 11.5 Å². The number of fused-ring (bicyclic) bond motifs is 1. The van der Waals surface area contributed by atoms with Crippen LogP contribution in [0.15, 0.2) is 54.6 Å². The smallest absolute Gasteiger partial charge is 0.267 e. The molecule has 3 heterocycles. The number of rotatable bonds is 4. The molecule has 1 amide bonds. The van der Waals surface area contributed by atoms with E-state index >= 15 is 0 Å². The van der Waals surface area contributed by atoms with E-state index in [-0.39, 0.29) is 12.5 Å². The van der Waals surface area contributed by atoms with Gasteiger partial charge in [0.1, 0.15) is 6.61 Å². The third kappa shape index (κ3) is 3.71. The van der Waals surface area contributed by atoms with Gasteiger partial charge in [0.05, 0.1) is 12.2 Å². The second kappa shape index (κ2) is 8.11. The molecule has 0 radical (unpaired) electrons. The van der Waals surface area contributed by atoms with E-state index in [0.29, 0.717) is 31.1 Å². The second-order valence-corrected chi connectivity index (χ2v) is 7.31. The van der Waals surface area contributed by atoms with Gasteiger partial charge in [-0.2, -0.15) is 4.68 Å². The van der Waals surface area contributed by atoms with E-state index in [1.54, 1.807) is 4.68 Å². The third-order valence-electron chi connectivity index (χ3n) is 5.37. The number of hydrogen-bond acceptors (Lipinski definition) is 7. The van der Waals surface area contributed by atoms with Crippen LogP contribution in [0.2, 0.25) is 0 Å². The quantitative estimate of drug-likeness (QED) is 0.642. The molecule has 0 bridgehead atoms. The summed E-state index contributed by atoms with van der Waals surface area (Å²) < 4.78 is 13.3. The molecule has 3 aromatic rings. The van der Waals surface area contributed by atoms with E-state index in [4.69, 9.17) is 9.47 Å². The molecule has 9 heteroatoms. The number of ether oxygens (including phenoxy) is 2. The lowest BCUT2D eigenvalue weighted by Crippen LogP contribution is -2.53. The van der Waals surface area contributed by atoms with Crippen molar-refractivity contribution in [2.75, 3.05) is 32.8 Å². The molecule has 0 aliphatic carbocycles. The summed E-state index contributed by atoms with van der Waals surface area (Å²) in [7, 11) is 0. The molecule has 2 aromatic carbocycles. The molecule has 0 N–H and O–H groups in total. The summed E-state index contributed by atoms with van der Waals surface area (Å²) in [4.78, 5) is 17.0. The fourth-order valence-electron chi connectivity index (χ4n) is 3.75. The fraction of sp³-hybridized carbons (Fsp3) is 0.333. The highest BCUT2D eigenvalue weighted by Gasteiger charge is 2.32. The van der Waals surface area contributed by atoms with Gasteiger partial charge < -0.3 is 14.4 Å². The lowest BCUT2D eigenvalue weighted by molar-refractivity contribution is -0.143. The highest BCUT2D eigenvalue weighted by molar-refractivity contribution is 5.82. The molecule has 1 atom stereocenters. The minimum absolute atomic E-state index is 0.0294. The van der Waals surface area contributed by atoms with E-state index in [9.17, 15) is 4.79 Å². The van der Waals surface area contributed by atoms with Crippen LogP contribution in [0.25, 0.3) is 5.69 Å². The Hall–Kier alpha value is -3.46. The zero-order valence-electron chi connectivity index (χ0n) is 16.4. The Labute approximate surface area is 173 Å². The van der Waals surface area contributed by atoms with Crippen molar-refractivity contribution in [3.63, 3.8) is 0 Å². The van der Waals surface area contributed by atoms with Crippen LogP contribution in [0, 0.1) is 0 Å². The topological polar surface area (TPSA) is 85.6 Å². The molecule has 1 aromatic heterocycles. The predicted octanol–water partition coefficient (Wildman–Crippen LogP) is 1.15. The van der Waals surface area contributed by atoms with Crippen molar-refractivity contribution in [2.45, 2.75) is 12.6 Å². The summed E-state index contributed by atoms with van der Waals surface area (Å²) in [6.07, 6.45) is -0.600. The van der Waals surface area contributed by atoms with E-state index in [1.165, 1.54) is 0 Å². The third-order valence-corrected chi connectivity index (χ3v) is 5.37. The first-order chi connectivity index (χ1) is 14.8. The summed E-state index contributed by atoms with van der Waals surface area (Å²) >= 11 is 0. The Morgan fingerprint density at radius 3 is 2.50 bits per heavy atom. The first-order valence-corrected chi connectivity index (χ1v) is 10.0. The fourth-order valence-corrected chi connectivity index (χ4v) is 3.75. The highest BCUT2D eigenvalue weighted by atomic mass is 16.6. The van der Waals surface area contributed by atoms with Crippen LogP contribution in [-0.2, 0) is 11.3 Å². The molecule has 0 saturated carbocycles. The average molecular weight is 406 g/mol. The molecule has 154 valence electrons. The maximum absolute atomic E-state index is 12.9. The van der Waals surface area contributed by atoms with E-state index < -0.39 is 6.10 Å². The molecule has 5 rings (SSSR count). The Morgan fingerprint density at radius 1 is 0.967 bits per heavy atom. The molecule has 0 spiro atoms. The maximum Gasteiger partial charge on any atom is 0.267 e. The van der Waals surface area contributed by atoms with Crippen molar-refractivity contribution in [2.24, 2.45) is 0 Å². The van der Waals surface area contributed by atoms with Gasteiger partial charge in [-0.05, 0) is 34.7 Å². The van der Waals surface area contributed by atoms with Crippen LogP contribution in [0.3, 0.4) is 0 Å². The van der Waals surface area contributed by atoms with Gasteiger partial charge in [-0.1, -0.05) is 30.3 Å². The number of benzene rings is 2. The van der Waals surface area contributed by atoms with E-state index in [0.717, 1.165) is 24.6 Å². The van der Waals surface area contributed by atoms with Crippen molar-refractivity contribution >= 4 is 5.91 Å². The number of para-hydroxylation sites is 3. The predicted molar refractivity (Wildman–Crippen MR) is 107 cm³/mol.